The summed E-state index contributed by atoms with van der Waals surface area (Å²) in [5.74, 6) is -0.586. The van der Waals surface area contributed by atoms with Crippen molar-refractivity contribution in [3.05, 3.63) is 65.2 Å². The fraction of sp³-hybridized carbons (Fsp3) is 0.500. The Hall–Kier alpha value is -2.87. The van der Waals surface area contributed by atoms with Crippen LogP contribution in [0.3, 0.4) is 0 Å². The van der Waals surface area contributed by atoms with Gasteiger partial charge in [0.05, 0.1) is 11.9 Å². The first-order valence-corrected chi connectivity index (χ1v) is 14.7. The highest BCUT2D eigenvalue weighted by Gasteiger charge is 2.33. The number of nitrogens with zero attached hydrogens (tertiary/aromatic N) is 2. The third-order valence-electron chi connectivity index (χ3n) is 6.87. The van der Waals surface area contributed by atoms with Gasteiger partial charge in [0.2, 0.25) is 21.8 Å². The van der Waals surface area contributed by atoms with Crippen LogP contribution >= 0.6 is 0 Å². The first-order valence-electron chi connectivity index (χ1n) is 12.8. The molecule has 2 amide bonds. The highest BCUT2D eigenvalue weighted by molar-refractivity contribution is 7.92. The van der Waals surface area contributed by atoms with E-state index >= 15 is 0 Å². The van der Waals surface area contributed by atoms with Gasteiger partial charge in [-0.2, -0.15) is 0 Å². The molecule has 0 saturated heterocycles. The highest BCUT2D eigenvalue weighted by Crippen LogP contribution is 2.22. The molecule has 7 nitrogen and oxygen atoms in total. The van der Waals surface area contributed by atoms with Crippen molar-refractivity contribution >= 4 is 27.5 Å². The average molecular weight is 514 g/mol. The Labute approximate surface area is 215 Å². The van der Waals surface area contributed by atoms with Crippen molar-refractivity contribution in [1.82, 2.24) is 10.2 Å². The number of nitrogens with one attached hydrogen (secondary N) is 1. The number of anilines is 1. The van der Waals surface area contributed by atoms with Crippen molar-refractivity contribution in [3.8, 4) is 0 Å². The summed E-state index contributed by atoms with van der Waals surface area (Å²) in [6, 6.07) is 14.4. The Morgan fingerprint density at radius 3 is 2.08 bits per heavy atom. The van der Waals surface area contributed by atoms with Crippen LogP contribution in [0.2, 0.25) is 0 Å². The molecule has 0 aliphatic heterocycles. The molecule has 0 heterocycles. The smallest absolute Gasteiger partial charge is 0.244 e. The number of rotatable bonds is 11. The predicted octanol–water partition coefficient (Wildman–Crippen LogP) is 4.19. The van der Waals surface area contributed by atoms with Crippen molar-refractivity contribution in [2.75, 3.05) is 17.1 Å². The standard InChI is InChI=1S/C28H39N3O4S/c1-5-22-15-17-25(18-16-22)31(36(4,34)35)20-27(32)30(19-23-13-11-21(3)12-14-23)26(6-2)28(33)29-24-9-7-8-10-24/h11-18,24,26H,5-10,19-20H2,1-4H3,(H,29,33)/t26-/m1/s1. The van der Waals surface area contributed by atoms with Gasteiger partial charge in [0.15, 0.2) is 0 Å². The van der Waals surface area contributed by atoms with Crippen LogP contribution in [-0.2, 0) is 32.6 Å². The lowest BCUT2D eigenvalue weighted by Crippen LogP contribution is -2.53. The maximum atomic E-state index is 13.7. The summed E-state index contributed by atoms with van der Waals surface area (Å²) in [6.07, 6.45) is 6.44. The maximum Gasteiger partial charge on any atom is 0.244 e. The van der Waals surface area contributed by atoms with E-state index in [1.165, 1.54) is 4.90 Å². The summed E-state index contributed by atoms with van der Waals surface area (Å²) < 4.78 is 26.6. The summed E-state index contributed by atoms with van der Waals surface area (Å²) in [4.78, 5) is 28.6. The molecule has 0 unspecified atom stereocenters. The zero-order valence-electron chi connectivity index (χ0n) is 21.9. The van der Waals surface area contributed by atoms with Gasteiger partial charge in [0.1, 0.15) is 12.6 Å². The molecule has 1 atom stereocenters. The van der Waals surface area contributed by atoms with Gasteiger partial charge >= 0.3 is 0 Å². The number of sulfonamides is 1. The van der Waals surface area contributed by atoms with E-state index in [9.17, 15) is 18.0 Å². The topological polar surface area (TPSA) is 86.8 Å². The second-order valence-electron chi connectivity index (χ2n) is 9.71. The summed E-state index contributed by atoms with van der Waals surface area (Å²) in [7, 11) is -3.73. The van der Waals surface area contributed by atoms with Gasteiger partial charge in [0.25, 0.3) is 0 Å². The van der Waals surface area contributed by atoms with E-state index < -0.39 is 22.0 Å². The minimum atomic E-state index is -3.73. The Kier molecular flexibility index (Phi) is 9.54. The van der Waals surface area contributed by atoms with Gasteiger partial charge in [0, 0.05) is 12.6 Å². The second-order valence-corrected chi connectivity index (χ2v) is 11.6. The van der Waals surface area contributed by atoms with E-state index in [4.69, 9.17) is 0 Å². The van der Waals surface area contributed by atoms with Crippen LogP contribution in [0.4, 0.5) is 5.69 Å². The normalized spacial score (nSPS) is 14.9. The van der Waals surface area contributed by atoms with E-state index in [1.54, 1.807) is 12.1 Å². The molecule has 196 valence electrons. The number of aryl methyl sites for hydroxylation is 2. The largest absolute Gasteiger partial charge is 0.352 e. The van der Waals surface area contributed by atoms with Crippen LogP contribution in [0.5, 0.6) is 0 Å². The van der Waals surface area contributed by atoms with Crippen LogP contribution in [0.1, 0.15) is 62.6 Å². The molecule has 2 aromatic carbocycles. The number of hydrogen-bond donors (Lipinski definition) is 1. The molecule has 8 heteroatoms. The summed E-state index contributed by atoms with van der Waals surface area (Å²) in [5.41, 5.74) is 3.50. The molecule has 1 aliphatic rings. The van der Waals surface area contributed by atoms with Crippen LogP contribution < -0.4 is 9.62 Å². The summed E-state index contributed by atoms with van der Waals surface area (Å²) in [5, 5.41) is 3.12. The number of hydrogen-bond acceptors (Lipinski definition) is 4. The number of amides is 2. The molecule has 3 rings (SSSR count). The molecule has 0 spiro atoms. The van der Waals surface area contributed by atoms with E-state index in [2.05, 4.69) is 5.32 Å². The zero-order chi connectivity index (χ0) is 26.3. The summed E-state index contributed by atoms with van der Waals surface area (Å²) in [6.45, 7) is 5.75. The predicted molar refractivity (Wildman–Crippen MR) is 144 cm³/mol. The van der Waals surface area contributed by atoms with Gasteiger partial charge < -0.3 is 10.2 Å². The fourth-order valence-electron chi connectivity index (χ4n) is 4.69. The Morgan fingerprint density at radius 1 is 0.972 bits per heavy atom. The van der Waals surface area contributed by atoms with Gasteiger partial charge in [-0.25, -0.2) is 8.42 Å². The van der Waals surface area contributed by atoms with Gasteiger partial charge in [-0.15, -0.1) is 0 Å². The van der Waals surface area contributed by atoms with Crippen molar-refractivity contribution in [2.24, 2.45) is 0 Å². The van der Waals surface area contributed by atoms with Gasteiger partial charge in [-0.3, -0.25) is 13.9 Å². The molecule has 1 N–H and O–H groups in total. The lowest BCUT2D eigenvalue weighted by Gasteiger charge is -2.33. The Morgan fingerprint density at radius 2 is 1.56 bits per heavy atom. The maximum absolute atomic E-state index is 13.7. The third kappa shape index (κ3) is 7.32. The molecule has 2 aromatic rings. The average Bonchev–Trinajstić information content (AvgIpc) is 3.36. The first kappa shape index (κ1) is 27.7. The molecule has 0 radical (unpaired) electrons. The SMILES string of the molecule is CCc1ccc(N(CC(=O)N(Cc2ccc(C)cc2)[C@H](CC)C(=O)NC2CCCC2)S(C)(=O)=O)cc1. The summed E-state index contributed by atoms with van der Waals surface area (Å²) >= 11 is 0. The van der Waals surface area contributed by atoms with Crippen molar-refractivity contribution < 1.29 is 18.0 Å². The lowest BCUT2D eigenvalue weighted by atomic mass is 10.1. The van der Waals surface area contributed by atoms with Crippen LogP contribution in [0.15, 0.2) is 48.5 Å². The molecule has 1 fully saturated rings. The lowest BCUT2D eigenvalue weighted by molar-refractivity contribution is -0.140. The van der Waals surface area contributed by atoms with Crippen LogP contribution in [0.25, 0.3) is 0 Å². The third-order valence-corrected chi connectivity index (χ3v) is 8.01. The minimum Gasteiger partial charge on any atom is -0.352 e. The first-order chi connectivity index (χ1) is 17.1. The Bertz CT molecular complexity index is 1120. The van der Waals surface area contributed by atoms with E-state index in [1.807, 2.05) is 57.2 Å². The highest BCUT2D eigenvalue weighted by atomic mass is 32.2. The van der Waals surface area contributed by atoms with Crippen molar-refractivity contribution in [2.45, 2.75) is 77.9 Å². The van der Waals surface area contributed by atoms with Gasteiger partial charge in [-0.05, 0) is 55.9 Å². The molecular formula is C28H39N3O4S. The quantitative estimate of drug-likeness (QED) is 0.488. The number of carbonyl (C=O) groups is 2. The monoisotopic (exact) mass is 513 g/mol. The zero-order valence-corrected chi connectivity index (χ0v) is 22.7. The van der Waals surface area contributed by atoms with Crippen molar-refractivity contribution in [1.29, 1.82) is 0 Å². The molecule has 1 saturated carbocycles. The molecule has 0 bridgehead atoms. The second kappa shape index (κ2) is 12.4. The van der Waals surface area contributed by atoms with E-state index in [0.29, 0.717) is 12.1 Å². The molecular weight excluding hydrogens is 474 g/mol. The Balaban J connectivity index is 1.90. The van der Waals surface area contributed by atoms with E-state index in [-0.39, 0.29) is 25.0 Å². The molecule has 36 heavy (non-hydrogen) atoms. The minimum absolute atomic E-state index is 0.132. The molecule has 0 aromatic heterocycles. The van der Waals surface area contributed by atoms with Crippen LogP contribution in [0, 0.1) is 6.92 Å². The number of carbonyl (C=O) groups excluding carboxylic acids is 2. The van der Waals surface area contributed by atoms with Crippen molar-refractivity contribution in [3.63, 3.8) is 0 Å². The van der Waals surface area contributed by atoms with Gasteiger partial charge in [-0.1, -0.05) is 68.7 Å². The van der Waals surface area contributed by atoms with E-state index in [0.717, 1.165) is 59.4 Å². The number of benzene rings is 2. The van der Waals surface area contributed by atoms with Crippen LogP contribution in [-0.4, -0.2) is 50.0 Å². The fourth-order valence-corrected chi connectivity index (χ4v) is 5.54. The molecule has 1 aliphatic carbocycles.